The molecule has 0 aliphatic carbocycles. The lowest BCUT2D eigenvalue weighted by Gasteiger charge is -2.17. The van der Waals surface area contributed by atoms with Crippen molar-refractivity contribution in [3.05, 3.63) is 82.1 Å². The highest BCUT2D eigenvalue weighted by atomic mass is 79.9. The summed E-state index contributed by atoms with van der Waals surface area (Å²) < 4.78 is 15.0. The van der Waals surface area contributed by atoms with E-state index in [0.29, 0.717) is 5.56 Å². The van der Waals surface area contributed by atoms with Gasteiger partial charge in [-0.1, -0.05) is 22.0 Å². The Morgan fingerprint density at radius 2 is 1.53 bits per heavy atom. The number of aromatic nitrogens is 2. The van der Waals surface area contributed by atoms with E-state index in [1.54, 1.807) is 6.07 Å². The van der Waals surface area contributed by atoms with Gasteiger partial charge in [0.2, 0.25) is 0 Å². The van der Waals surface area contributed by atoms with Gasteiger partial charge in [0.1, 0.15) is 5.82 Å². The highest BCUT2D eigenvalue weighted by Gasteiger charge is 2.23. The van der Waals surface area contributed by atoms with Gasteiger partial charge in [-0.3, -0.25) is 0 Å². The van der Waals surface area contributed by atoms with Gasteiger partial charge in [-0.2, -0.15) is 0 Å². The number of H-pyrrole nitrogens is 2. The van der Waals surface area contributed by atoms with Gasteiger partial charge in [-0.15, -0.1) is 0 Å². The van der Waals surface area contributed by atoms with Gasteiger partial charge in [0, 0.05) is 33.8 Å². The quantitative estimate of drug-likeness (QED) is 0.716. The van der Waals surface area contributed by atoms with Crippen LogP contribution in [0.15, 0.2) is 59.3 Å². The van der Waals surface area contributed by atoms with Gasteiger partial charge in [-0.25, -0.2) is 4.39 Å². The van der Waals surface area contributed by atoms with Gasteiger partial charge >= 0.3 is 0 Å². The Balaban J connectivity index is 2.21. The SMILES string of the molecule is Fc1cccc(Br)c1C(c1ccc[nH]1)c1ccc[nH]1. The maximum absolute atomic E-state index is 14.2. The summed E-state index contributed by atoms with van der Waals surface area (Å²) in [5, 5.41) is 0. The molecule has 0 amide bonds. The molecular weight excluding hydrogens is 307 g/mol. The lowest BCUT2D eigenvalue weighted by atomic mass is 9.92. The van der Waals surface area contributed by atoms with Gasteiger partial charge in [0.25, 0.3) is 0 Å². The number of rotatable bonds is 3. The zero-order valence-corrected chi connectivity index (χ0v) is 11.6. The fraction of sp³-hybridized carbons (Fsp3) is 0.0667. The summed E-state index contributed by atoms with van der Waals surface area (Å²) >= 11 is 3.45. The fourth-order valence-electron chi connectivity index (χ4n) is 2.31. The first-order valence-corrected chi connectivity index (χ1v) is 6.77. The molecule has 0 radical (unpaired) electrons. The van der Waals surface area contributed by atoms with Crippen LogP contribution < -0.4 is 0 Å². The summed E-state index contributed by atoms with van der Waals surface area (Å²) in [7, 11) is 0. The summed E-state index contributed by atoms with van der Waals surface area (Å²) in [6.07, 6.45) is 3.69. The Morgan fingerprint density at radius 3 is 2.00 bits per heavy atom. The van der Waals surface area contributed by atoms with E-state index < -0.39 is 0 Å². The third kappa shape index (κ3) is 2.24. The summed E-state index contributed by atoms with van der Waals surface area (Å²) in [6.45, 7) is 0. The van der Waals surface area contributed by atoms with Crippen LogP contribution in [0.5, 0.6) is 0 Å². The topological polar surface area (TPSA) is 31.6 Å². The predicted molar refractivity (Wildman–Crippen MR) is 76.6 cm³/mol. The molecule has 0 fully saturated rings. The molecule has 96 valence electrons. The van der Waals surface area contributed by atoms with Crippen molar-refractivity contribution >= 4 is 15.9 Å². The van der Waals surface area contributed by atoms with Crippen molar-refractivity contribution in [2.75, 3.05) is 0 Å². The van der Waals surface area contributed by atoms with E-state index in [1.807, 2.05) is 42.7 Å². The van der Waals surface area contributed by atoms with Gasteiger partial charge in [0.05, 0.1) is 5.92 Å². The van der Waals surface area contributed by atoms with E-state index in [9.17, 15) is 4.39 Å². The van der Waals surface area contributed by atoms with Crippen LogP contribution in [0.3, 0.4) is 0 Å². The van der Waals surface area contributed by atoms with Crippen molar-refractivity contribution in [3.8, 4) is 0 Å². The zero-order valence-electron chi connectivity index (χ0n) is 10.0. The molecule has 4 heteroatoms. The third-order valence-corrected chi connectivity index (χ3v) is 3.85. The molecule has 2 N–H and O–H groups in total. The molecule has 0 spiro atoms. The number of hydrogen-bond acceptors (Lipinski definition) is 0. The standard InChI is InChI=1S/C15H12BrFN2/c16-10-4-1-5-11(17)14(10)15(12-6-2-8-18-12)13-7-3-9-19-13/h1-9,15,18-19H. The highest BCUT2D eigenvalue weighted by molar-refractivity contribution is 9.10. The van der Waals surface area contributed by atoms with Crippen LogP contribution in [0.4, 0.5) is 4.39 Å². The lowest BCUT2D eigenvalue weighted by Crippen LogP contribution is -2.07. The Bertz CT molecular complexity index is 605. The normalized spacial score (nSPS) is 11.1. The minimum Gasteiger partial charge on any atom is -0.364 e. The van der Waals surface area contributed by atoms with E-state index in [4.69, 9.17) is 0 Å². The van der Waals surface area contributed by atoms with E-state index in [-0.39, 0.29) is 11.7 Å². The second-order valence-corrected chi connectivity index (χ2v) is 5.17. The largest absolute Gasteiger partial charge is 0.364 e. The van der Waals surface area contributed by atoms with Crippen LogP contribution in [0.25, 0.3) is 0 Å². The molecule has 3 rings (SSSR count). The average molecular weight is 319 g/mol. The lowest BCUT2D eigenvalue weighted by molar-refractivity contribution is 0.602. The van der Waals surface area contributed by atoms with E-state index >= 15 is 0 Å². The molecule has 19 heavy (non-hydrogen) atoms. The summed E-state index contributed by atoms with van der Waals surface area (Å²) in [6, 6.07) is 12.8. The number of benzene rings is 1. The number of aromatic amines is 2. The number of hydrogen-bond donors (Lipinski definition) is 2. The summed E-state index contributed by atoms with van der Waals surface area (Å²) in [5.74, 6) is -0.399. The van der Waals surface area contributed by atoms with Gasteiger partial charge < -0.3 is 9.97 Å². The van der Waals surface area contributed by atoms with Crippen LogP contribution >= 0.6 is 15.9 Å². The zero-order chi connectivity index (χ0) is 13.2. The molecule has 0 unspecified atom stereocenters. The second kappa shape index (κ2) is 5.05. The molecule has 0 bridgehead atoms. The molecule has 3 aromatic rings. The smallest absolute Gasteiger partial charge is 0.128 e. The average Bonchev–Trinajstić information content (AvgIpc) is 3.07. The molecule has 0 aliphatic heterocycles. The van der Waals surface area contributed by atoms with Crippen molar-refractivity contribution in [1.82, 2.24) is 9.97 Å². The first-order chi connectivity index (χ1) is 9.27. The van der Waals surface area contributed by atoms with E-state index in [1.165, 1.54) is 6.07 Å². The van der Waals surface area contributed by atoms with Gasteiger partial charge in [-0.05, 0) is 36.4 Å². The maximum Gasteiger partial charge on any atom is 0.128 e. The van der Waals surface area contributed by atoms with Crippen molar-refractivity contribution in [2.45, 2.75) is 5.92 Å². The number of halogens is 2. The van der Waals surface area contributed by atoms with Gasteiger partial charge in [0.15, 0.2) is 0 Å². The molecule has 2 heterocycles. The van der Waals surface area contributed by atoms with Crippen LogP contribution in [0, 0.1) is 5.82 Å². The maximum atomic E-state index is 14.2. The van der Waals surface area contributed by atoms with Crippen LogP contribution in [0.1, 0.15) is 22.9 Å². The molecule has 2 nitrogen and oxygen atoms in total. The van der Waals surface area contributed by atoms with Crippen LogP contribution in [0.2, 0.25) is 0 Å². The first-order valence-electron chi connectivity index (χ1n) is 5.98. The molecule has 0 atom stereocenters. The van der Waals surface area contributed by atoms with Crippen molar-refractivity contribution < 1.29 is 4.39 Å². The van der Waals surface area contributed by atoms with Crippen molar-refractivity contribution in [2.24, 2.45) is 0 Å². The van der Waals surface area contributed by atoms with Crippen molar-refractivity contribution in [1.29, 1.82) is 0 Å². The third-order valence-electron chi connectivity index (χ3n) is 3.15. The van der Waals surface area contributed by atoms with Crippen LogP contribution in [-0.2, 0) is 0 Å². The molecule has 2 aromatic heterocycles. The molecule has 0 saturated carbocycles. The van der Waals surface area contributed by atoms with E-state index in [0.717, 1.165) is 15.9 Å². The fourth-order valence-corrected chi connectivity index (χ4v) is 2.88. The van der Waals surface area contributed by atoms with Crippen molar-refractivity contribution in [3.63, 3.8) is 0 Å². The highest BCUT2D eigenvalue weighted by Crippen LogP contribution is 2.36. The Hall–Kier alpha value is -1.81. The Morgan fingerprint density at radius 1 is 0.895 bits per heavy atom. The first kappa shape index (κ1) is 12.2. The minimum atomic E-state index is -0.219. The summed E-state index contributed by atoms with van der Waals surface area (Å²) in [4.78, 5) is 6.34. The second-order valence-electron chi connectivity index (χ2n) is 4.32. The minimum absolute atomic E-state index is 0.180. The molecular formula is C15H12BrFN2. The number of nitrogens with one attached hydrogen (secondary N) is 2. The Kier molecular flexibility index (Phi) is 3.25. The predicted octanol–water partition coefficient (Wildman–Crippen LogP) is 4.42. The van der Waals surface area contributed by atoms with Crippen LogP contribution in [-0.4, -0.2) is 9.97 Å². The summed E-state index contributed by atoms with van der Waals surface area (Å²) in [5.41, 5.74) is 2.54. The van der Waals surface area contributed by atoms with E-state index in [2.05, 4.69) is 25.9 Å². The molecule has 0 aliphatic rings. The molecule has 0 saturated heterocycles. The monoisotopic (exact) mass is 318 g/mol. The molecule has 1 aromatic carbocycles. The Labute approximate surface area is 118 Å².